The van der Waals surface area contributed by atoms with Crippen molar-refractivity contribution in [1.82, 2.24) is 3.71 Å². The summed E-state index contributed by atoms with van der Waals surface area (Å²) in [4.78, 5) is 11.3. The Morgan fingerprint density at radius 2 is 1.93 bits per heavy atom. The van der Waals surface area contributed by atoms with E-state index in [-0.39, 0.29) is 8.59 Å². The fourth-order valence-corrected chi connectivity index (χ4v) is 2.31. The third kappa shape index (κ3) is 2.45. The van der Waals surface area contributed by atoms with E-state index in [0.29, 0.717) is 0 Å². The molecule has 0 spiro atoms. The van der Waals surface area contributed by atoms with Gasteiger partial charge in [-0.05, 0) is 11.4 Å². The van der Waals surface area contributed by atoms with Crippen molar-refractivity contribution in [2.45, 2.75) is 0 Å². The Morgan fingerprint density at radius 3 is 2.29 bits per heavy atom. The average molecular weight is 253 g/mol. The lowest BCUT2D eigenvalue weighted by Gasteiger charge is -2.24. The zero-order valence-corrected chi connectivity index (χ0v) is 8.89. The molecule has 2 atom stereocenters. The first kappa shape index (κ1) is 11.5. The summed E-state index contributed by atoms with van der Waals surface area (Å²) in [5.74, 6) is -1.08. The molecule has 14 heavy (non-hydrogen) atoms. The van der Waals surface area contributed by atoms with Crippen molar-refractivity contribution >= 4 is 39.8 Å². The molecule has 78 valence electrons. The monoisotopic (exact) mass is 253 g/mol. The van der Waals surface area contributed by atoms with Crippen LogP contribution in [0.1, 0.15) is 9.67 Å². The standard InChI is InChI=1S/C5H5NO5S3/c7-5(4-2-1-3-12-4)6(13(8)9)14(10)11/h1-3H,(H,8,9)(H,10,11)/p-2. The van der Waals surface area contributed by atoms with E-state index in [1.165, 1.54) is 17.5 Å². The highest BCUT2D eigenvalue weighted by Gasteiger charge is 2.18. The molecule has 2 unspecified atom stereocenters. The van der Waals surface area contributed by atoms with Gasteiger partial charge in [0, 0.05) is 0 Å². The largest absolute Gasteiger partial charge is 0.754 e. The van der Waals surface area contributed by atoms with Gasteiger partial charge in [-0.1, -0.05) is 6.07 Å². The number of rotatable bonds is 3. The van der Waals surface area contributed by atoms with Gasteiger partial charge in [-0.2, -0.15) is 3.71 Å². The van der Waals surface area contributed by atoms with Crippen LogP contribution in [0, 0.1) is 0 Å². The normalized spacial score (nSPS) is 14.7. The molecule has 0 aromatic carbocycles. The van der Waals surface area contributed by atoms with E-state index in [9.17, 15) is 22.3 Å². The van der Waals surface area contributed by atoms with E-state index in [1.54, 1.807) is 0 Å². The zero-order valence-electron chi connectivity index (χ0n) is 6.45. The van der Waals surface area contributed by atoms with Crippen molar-refractivity contribution in [3.8, 4) is 0 Å². The molecule has 0 aliphatic heterocycles. The Kier molecular flexibility index (Phi) is 3.89. The number of hydrogen-bond donors (Lipinski definition) is 0. The van der Waals surface area contributed by atoms with Gasteiger partial charge in [-0.15, -0.1) is 11.3 Å². The fraction of sp³-hybridized carbons (Fsp3) is 0. The quantitative estimate of drug-likeness (QED) is 0.693. The first-order valence-corrected chi connectivity index (χ1v) is 6.05. The maximum Gasteiger partial charge on any atom is 0.286 e. The smallest absolute Gasteiger partial charge is 0.286 e. The third-order valence-electron chi connectivity index (χ3n) is 1.17. The summed E-state index contributed by atoms with van der Waals surface area (Å²) in [5, 5.41) is 1.53. The molecule has 6 nitrogen and oxygen atoms in total. The predicted molar refractivity (Wildman–Crippen MR) is 48.3 cm³/mol. The third-order valence-corrected chi connectivity index (χ3v) is 3.63. The molecular formula is C5H3NO5S3-2. The second-order valence-electron chi connectivity index (χ2n) is 1.97. The summed E-state index contributed by atoms with van der Waals surface area (Å²) >= 11 is -5.28. The molecule has 1 heterocycles. The molecule has 0 saturated heterocycles. The molecule has 0 aliphatic rings. The summed E-state index contributed by atoms with van der Waals surface area (Å²) in [5.41, 5.74) is 0. The van der Waals surface area contributed by atoms with Crippen LogP contribution in [0.15, 0.2) is 17.5 Å². The highest BCUT2D eigenvalue weighted by atomic mass is 32.3. The SMILES string of the molecule is O=C(c1cccs1)N(S(=O)[O-])S(=O)[O-]. The Morgan fingerprint density at radius 1 is 1.36 bits per heavy atom. The summed E-state index contributed by atoms with van der Waals surface area (Å²) in [6.07, 6.45) is 0. The Labute approximate surface area is 88.4 Å². The van der Waals surface area contributed by atoms with Crippen LogP contribution in [0.25, 0.3) is 0 Å². The lowest BCUT2D eigenvalue weighted by Crippen LogP contribution is -2.33. The molecular weight excluding hydrogens is 250 g/mol. The number of carbonyl (C=O) groups excluding carboxylic acids is 1. The molecule has 0 saturated carbocycles. The van der Waals surface area contributed by atoms with Crippen molar-refractivity contribution in [2.75, 3.05) is 0 Å². The summed E-state index contributed by atoms with van der Waals surface area (Å²) in [6, 6.07) is 2.84. The number of hydrogen-bond acceptors (Lipinski definition) is 6. The van der Waals surface area contributed by atoms with Crippen molar-refractivity contribution in [1.29, 1.82) is 0 Å². The van der Waals surface area contributed by atoms with Crippen molar-refractivity contribution in [2.24, 2.45) is 0 Å². The molecule has 0 aliphatic carbocycles. The van der Waals surface area contributed by atoms with Gasteiger partial charge < -0.3 is 9.11 Å². The van der Waals surface area contributed by atoms with Gasteiger partial charge in [0.15, 0.2) is 0 Å². The van der Waals surface area contributed by atoms with E-state index >= 15 is 0 Å². The van der Waals surface area contributed by atoms with E-state index in [4.69, 9.17) is 0 Å². The van der Waals surface area contributed by atoms with E-state index < -0.39 is 28.4 Å². The Balaban J connectivity index is 2.97. The van der Waals surface area contributed by atoms with Crippen molar-refractivity contribution in [3.05, 3.63) is 22.4 Å². The number of thiophene rings is 1. The molecule has 0 N–H and O–H groups in total. The number of amides is 1. The molecule has 1 rings (SSSR count). The lowest BCUT2D eigenvalue weighted by molar-refractivity contribution is 0.0923. The topological polar surface area (TPSA) is 101 Å². The highest BCUT2D eigenvalue weighted by Crippen LogP contribution is 2.13. The van der Waals surface area contributed by atoms with Gasteiger partial charge >= 0.3 is 0 Å². The predicted octanol–water partition coefficient (Wildman–Crippen LogP) is -0.221. The van der Waals surface area contributed by atoms with Gasteiger partial charge in [0.2, 0.25) is 0 Å². The van der Waals surface area contributed by atoms with Crippen LogP contribution in [-0.2, 0) is 22.5 Å². The van der Waals surface area contributed by atoms with Gasteiger partial charge in [0.25, 0.3) is 5.91 Å². The highest BCUT2D eigenvalue weighted by molar-refractivity contribution is 7.93. The van der Waals surface area contributed by atoms with Crippen molar-refractivity contribution in [3.63, 3.8) is 0 Å². The maximum atomic E-state index is 11.2. The maximum absolute atomic E-state index is 11.2. The molecule has 1 amide bonds. The lowest BCUT2D eigenvalue weighted by atomic mass is 10.5. The van der Waals surface area contributed by atoms with Gasteiger partial charge in [0.1, 0.15) is 0 Å². The van der Waals surface area contributed by atoms with Crippen LogP contribution in [0.2, 0.25) is 0 Å². The van der Waals surface area contributed by atoms with E-state index in [0.717, 1.165) is 11.3 Å². The molecule has 0 radical (unpaired) electrons. The van der Waals surface area contributed by atoms with Crippen LogP contribution in [0.5, 0.6) is 0 Å². The number of nitrogens with zero attached hydrogens (tertiary/aromatic N) is 1. The second-order valence-corrected chi connectivity index (χ2v) is 4.75. The average Bonchev–Trinajstić information content (AvgIpc) is 2.53. The van der Waals surface area contributed by atoms with Crippen LogP contribution in [0.4, 0.5) is 0 Å². The minimum Gasteiger partial charge on any atom is -0.754 e. The summed E-state index contributed by atoms with van der Waals surface area (Å²) < 4.78 is 41.3. The van der Waals surface area contributed by atoms with Crippen molar-refractivity contribution < 1.29 is 22.3 Å². The zero-order chi connectivity index (χ0) is 10.7. The Hall–Kier alpha value is -0.610. The van der Waals surface area contributed by atoms with E-state index in [1.807, 2.05) is 0 Å². The van der Waals surface area contributed by atoms with Crippen LogP contribution in [-0.4, -0.2) is 27.1 Å². The second kappa shape index (κ2) is 4.75. The van der Waals surface area contributed by atoms with Gasteiger partial charge in [-0.3, -0.25) is 13.2 Å². The first-order valence-electron chi connectivity index (χ1n) is 3.10. The molecule has 1 aromatic heterocycles. The Bertz CT molecular complexity index is 361. The molecule has 9 heteroatoms. The van der Waals surface area contributed by atoms with Crippen LogP contribution < -0.4 is 0 Å². The molecule has 0 fully saturated rings. The summed E-state index contributed by atoms with van der Waals surface area (Å²) in [6.45, 7) is 0. The minimum absolute atomic E-state index is 0.0402. The number of carbonyl (C=O) groups is 1. The fourth-order valence-electron chi connectivity index (χ4n) is 0.675. The first-order chi connectivity index (χ1) is 6.54. The minimum atomic E-state index is -3.12. The van der Waals surface area contributed by atoms with Crippen LogP contribution >= 0.6 is 11.3 Å². The van der Waals surface area contributed by atoms with E-state index in [2.05, 4.69) is 0 Å². The van der Waals surface area contributed by atoms with Gasteiger partial charge in [-0.25, -0.2) is 0 Å². The molecule has 0 bridgehead atoms. The van der Waals surface area contributed by atoms with Gasteiger partial charge in [0.05, 0.1) is 27.4 Å². The summed E-state index contributed by atoms with van der Waals surface area (Å²) in [7, 11) is 0. The van der Waals surface area contributed by atoms with Crippen LogP contribution in [0.3, 0.4) is 0 Å². The molecule has 1 aromatic rings.